The summed E-state index contributed by atoms with van der Waals surface area (Å²) in [5.74, 6) is -0.0371. The first-order valence-corrected chi connectivity index (χ1v) is 8.90. The van der Waals surface area contributed by atoms with E-state index in [0.717, 1.165) is 12.1 Å². The molecule has 2 aromatic heterocycles. The van der Waals surface area contributed by atoms with E-state index in [1.165, 1.54) is 18.3 Å². The molecule has 2 N–H and O–H groups in total. The average molecular weight is 408 g/mol. The van der Waals surface area contributed by atoms with E-state index in [1.807, 2.05) is 0 Å². The van der Waals surface area contributed by atoms with Gasteiger partial charge in [0.05, 0.1) is 23.0 Å². The van der Waals surface area contributed by atoms with E-state index >= 15 is 0 Å². The quantitative estimate of drug-likeness (QED) is 0.560. The van der Waals surface area contributed by atoms with E-state index in [4.69, 9.17) is 9.84 Å². The second-order valence-electron chi connectivity index (χ2n) is 6.19. The summed E-state index contributed by atoms with van der Waals surface area (Å²) in [4.78, 5) is 16.3. The third-order valence-electron chi connectivity index (χ3n) is 4.09. The number of nitrogens with one attached hydrogen (secondary N) is 1. The number of amides is 1. The van der Waals surface area contributed by atoms with Crippen LogP contribution in [0.2, 0.25) is 0 Å². The van der Waals surface area contributed by atoms with Gasteiger partial charge in [-0.2, -0.15) is 18.3 Å². The maximum absolute atomic E-state index is 12.6. The molecule has 29 heavy (non-hydrogen) atoms. The second kappa shape index (κ2) is 8.91. The van der Waals surface area contributed by atoms with Crippen molar-refractivity contribution in [3.05, 3.63) is 54.0 Å². The summed E-state index contributed by atoms with van der Waals surface area (Å²) in [6, 6.07) is 6.13. The van der Waals surface area contributed by atoms with Crippen molar-refractivity contribution in [1.82, 2.24) is 20.1 Å². The van der Waals surface area contributed by atoms with Crippen LogP contribution in [0, 0.1) is 0 Å². The fourth-order valence-electron chi connectivity index (χ4n) is 2.65. The Labute approximate surface area is 164 Å². The van der Waals surface area contributed by atoms with Gasteiger partial charge in [0.15, 0.2) is 0 Å². The number of carbonyl (C=O) groups is 1. The molecule has 2 heterocycles. The summed E-state index contributed by atoms with van der Waals surface area (Å²) in [7, 11) is 0. The van der Waals surface area contributed by atoms with Gasteiger partial charge in [0.2, 0.25) is 0 Å². The minimum absolute atomic E-state index is 0.0191. The summed E-state index contributed by atoms with van der Waals surface area (Å²) in [5.41, 5.74) is 0.0812. The van der Waals surface area contributed by atoms with Crippen LogP contribution < -0.4 is 10.1 Å². The maximum atomic E-state index is 12.6. The third kappa shape index (κ3) is 5.23. The number of aliphatic hydroxyl groups is 1. The van der Waals surface area contributed by atoms with Crippen LogP contribution in [-0.2, 0) is 12.7 Å². The van der Waals surface area contributed by atoms with Crippen molar-refractivity contribution >= 4 is 16.8 Å². The van der Waals surface area contributed by atoms with Crippen molar-refractivity contribution in [3.8, 4) is 5.75 Å². The van der Waals surface area contributed by atoms with Gasteiger partial charge in [0.25, 0.3) is 5.91 Å². The topological polar surface area (TPSA) is 89.3 Å². The van der Waals surface area contributed by atoms with Gasteiger partial charge in [-0.3, -0.25) is 14.5 Å². The summed E-state index contributed by atoms with van der Waals surface area (Å²) < 4.78 is 44.8. The first-order valence-electron chi connectivity index (χ1n) is 8.90. The number of hydrogen-bond acceptors (Lipinski definition) is 5. The van der Waals surface area contributed by atoms with Crippen molar-refractivity contribution in [1.29, 1.82) is 0 Å². The summed E-state index contributed by atoms with van der Waals surface area (Å²) in [5, 5.41) is 16.4. The molecular weight excluding hydrogens is 389 g/mol. The van der Waals surface area contributed by atoms with Crippen LogP contribution in [0.5, 0.6) is 5.75 Å². The van der Waals surface area contributed by atoms with Gasteiger partial charge in [0, 0.05) is 25.5 Å². The molecule has 7 nitrogen and oxygen atoms in total. The first kappa shape index (κ1) is 20.6. The molecule has 1 aromatic carbocycles. The minimum Gasteiger partial charge on any atom is -0.492 e. The fraction of sp³-hybridized carbons (Fsp3) is 0.316. The van der Waals surface area contributed by atoms with Gasteiger partial charge in [0.1, 0.15) is 18.1 Å². The van der Waals surface area contributed by atoms with Gasteiger partial charge in [-0.1, -0.05) is 0 Å². The molecule has 0 aliphatic carbocycles. The lowest BCUT2D eigenvalue weighted by molar-refractivity contribution is -0.137. The Hall–Kier alpha value is -3.14. The molecule has 0 aliphatic heterocycles. The first-order chi connectivity index (χ1) is 13.9. The molecule has 0 saturated carbocycles. The van der Waals surface area contributed by atoms with Crippen LogP contribution >= 0.6 is 0 Å². The zero-order chi connectivity index (χ0) is 20.9. The van der Waals surface area contributed by atoms with Crippen molar-refractivity contribution in [2.45, 2.75) is 19.1 Å². The molecule has 0 atom stereocenters. The Balaban J connectivity index is 1.62. The van der Waals surface area contributed by atoms with E-state index < -0.39 is 11.7 Å². The van der Waals surface area contributed by atoms with E-state index in [9.17, 15) is 18.0 Å². The van der Waals surface area contributed by atoms with Gasteiger partial charge in [-0.05, 0) is 36.8 Å². The smallest absolute Gasteiger partial charge is 0.416 e. The van der Waals surface area contributed by atoms with Crippen LogP contribution in [0.25, 0.3) is 10.9 Å². The Bertz CT molecular complexity index is 971. The van der Waals surface area contributed by atoms with Gasteiger partial charge < -0.3 is 15.2 Å². The number of hydrogen-bond donors (Lipinski definition) is 2. The molecular formula is C19H19F3N4O3. The second-order valence-corrected chi connectivity index (χ2v) is 6.19. The predicted octanol–water partition coefficient (Wildman–Crippen LogP) is 2.64. The highest BCUT2D eigenvalue weighted by molar-refractivity contribution is 6.04. The number of pyridine rings is 1. The number of halogens is 3. The monoisotopic (exact) mass is 408 g/mol. The third-order valence-corrected chi connectivity index (χ3v) is 4.09. The van der Waals surface area contributed by atoms with E-state index in [-0.39, 0.29) is 24.8 Å². The van der Waals surface area contributed by atoms with Crippen molar-refractivity contribution in [2.75, 3.05) is 19.8 Å². The van der Waals surface area contributed by atoms with Crippen LogP contribution in [-0.4, -0.2) is 45.5 Å². The van der Waals surface area contributed by atoms with Crippen LogP contribution in [0.4, 0.5) is 13.2 Å². The standard InChI is InChI=1S/C19H19F3N4O3/c20-19(21,22)13-2-4-14(5-3-13)29-11-9-26-12-15-16(25-26)6-8-23-17(15)18(28)24-7-1-10-27/h2-6,8,12,27H,1,7,9-11H2,(H,24,28). The summed E-state index contributed by atoms with van der Waals surface area (Å²) >= 11 is 0. The number of nitrogens with zero attached hydrogens (tertiary/aromatic N) is 3. The predicted molar refractivity (Wildman–Crippen MR) is 98.5 cm³/mol. The lowest BCUT2D eigenvalue weighted by atomic mass is 10.2. The van der Waals surface area contributed by atoms with Crippen LogP contribution in [0.15, 0.2) is 42.7 Å². The lowest BCUT2D eigenvalue weighted by Gasteiger charge is -2.09. The molecule has 0 aliphatic rings. The Kier molecular flexibility index (Phi) is 6.32. The summed E-state index contributed by atoms with van der Waals surface area (Å²) in [6.45, 7) is 0.837. The molecule has 0 saturated heterocycles. The number of aliphatic hydroxyl groups excluding tert-OH is 1. The van der Waals surface area contributed by atoms with Crippen molar-refractivity contribution in [2.24, 2.45) is 0 Å². The minimum atomic E-state index is -4.39. The molecule has 1 amide bonds. The van der Waals surface area contributed by atoms with E-state index in [1.54, 1.807) is 16.9 Å². The Morgan fingerprint density at radius 2 is 1.97 bits per heavy atom. The molecule has 3 aromatic rings. The molecule has 154 valence electrons. The zero-order valence-corrected chi connectivity index (χ0v) is 15.3. The van der Waals surface area contributed by atoms with Crippen LogP contribution in [0.3, 0.4) is 0 Å². The van der Waals surface area contributed by atoms with Crippen LogP contribution in [0.1, 0.15) is 22.5 Å². The largest absolute Gasteiger partial charge is 0.492 e. The Morgan fingerprint density at radius 1 is 1.21 bits per heavy atom. The molecule has 0 fully saturated rings. The number of ether oxygens (including phenoxy) is 1. The fourth-order valence-corrected chi connectivity index (χ4v) is 2.65. The van der Waals surface area contributed by atoms with E-state index in [2.05, 4.69) is 15.4 Å². The Morgan fingerprint density at radius 3 is 2.66 bits per heavy atom. The highest BCUT2D eigenvalue weighted by Gasteiger charge is 2.30. The normalized spacial score (nSPS) is 11.6. The molecule has 0 bridgehead atoms. The molecule has 10 heteroatoms. The molecule has 0 spiro atoms. The number of aromatic nitrogens is 3. The average Bonchev–Trinajstić information content (AvgIpc) is 3.10. The highest BCUT2D eigenvalue weighted by Crippen LogP contribution is 2.30. The van der Waals surface area contributed by atoms with Gasteiger partial charge >= 0.3 is 6.18 Å². The number of benzene rings is 1. The number of fused-ring (bicyclic) bond motifs is 1. The maximum Gasteiger partial charge on any atom is 0.416 e. The van der Waals surface area contributed by atoms with Crippen molar-refractivity contribution in [3.63, 3.8) is 0 Å². The zero-order valence-electron chi connectivity index (χ0n) is 15.3. The van der Waals surface area contributed by atoms with Crippen molar-refractivity contribution < 1.29 is 27.8 Å². The summed E-state index contributed by atoms with van der Waals surface area (Å²) in [6.07, 6.45) is -0.787. The SMILES string of the molecule is O=C(NCCCO)c1nccc2nn(CCOc3ccc(C(F)(F)F)cc3)cc12. The van der Waals surface area contributed by atoms with Gasteiger partial charge in [-0.25, -0.2) is 0 Å². The molecule has 0 radical (unpaired) electrons. The molecule has 3 rings (SSSR count). The number of carbonyl (C=O) groups excluding carboxylic acids is 1. The lowest BCUT2D eigenvalue weighted by Crippen LogP contribution is -2.26. The number of alkyl halides is 3. The van der Waals surface area contributed by atoms with Gasteiger partial charge in [-0.15, -0.1) is 0 Å². The molecule has 0 unspecified atom stereocenters. The number of rotatable bonds is 8. The highest BCUT2D eigenvalue weighted by atomic mass is 19.4. The van der Waals surface area contributed by atoms with E-state index in [0.29, 0.717) is 36.2 Å².